The summed E-state index contributed by atoms with van der Waals surface area (Å²) in [5.41, 5.74) is 2.45. The Morgan fingerprint density at radius 2 is 1.77 bits per heavy atom. The Hall–Kier alpha value is -3.02. The number of hydrogen-bond donors (Lipinski definition) is 3. The van der Waals surface area contributed by atoms with Gasteiger partial charge < -0.3 is 15.9 Å². The van der Waals surface area contributed by atoms with Crippen molar-refractivity contribution in [2.75, 3.05) is 14.1 Å². The predicted octanol–water partition coefficient (Wildman–Crippen LogP) is 0.769. The van der Waals surface area contributed by atoms with Crippen molar-refractivity contribution in [2.24, 2.45) is 29.4 Å². The molecule has 40 heavy (non-hydrogen) atoms. The fourth-order valence-corrected chi connectivity index (χ4v) is 7.81. The first-order chi connectivity index (χ1) is 18.7. The second-order valence-electron chi connectivity index (χ2n) is 12.3. The van der Waals surface area contributed by atoms with Gasteiger partial charge in [0.15, 0.2) is 34.7 Å². The Morgan fingerprint density at radius 3 is 2.35 bits per heavy atom. The lowest BCUT2D eigenvalue weighted by atomic mass is 9.52. The fraction of sp³-hybridized carbons (Fsp3) is 0.621. The Bertz CT molecular complexity index is 1320. The number of phenolic OH excluding ortho intramolecular Hbond substituents is 1. The Balaban J connectivity index is 1.57. The highest BCUT2D eigenvalue weighted by molar-refractivity contribution is 6.32. The molecule has 0 bridgehead atoms. The van der Waals surface area contributed by atoms with Crippen LogP contribution in [-0.4, -0.2) is 86.9 Å². The fourth-order valence-electron chi connectivity index (χ4n) is 7.81. The van der Waals surface area contributed by atoms with Gasteiger partial charge in [-0.15, -0.1) is 0 Å². The highest BCUT2D eigenvalue weighted by atomic mass is 19.1. The number of Topliss-reactive ketones (excluding diaryl/α,β-unsaturated/α-hetero) is 4. The van der Waals surface area contributed by atoms with Crippen LogP contribution in [0.2, 0.25) is 0 Å². The smallest absolute Gasteiger partial charge is 0.235 e. The maximum absolute atomic E-state index is 16.1. The van der Waals surface area contributed by atoms with E-state index in [0.717, 1.165) is 19.3 Å². The number of carbonyl (C=O) groups is 5. The minimum absolute atomic E-state index is 0.00156. The first-order valence-corrected chi connectivity index (χ1v) is 13.8. The molecule has 1 amide bonds. The molecule has 1 heterocycles. The standard InChI is InChI=1S/C29H36FN3O7/c1-12-6-5-7-13(2)33(12)11-15-10-18(34)20-16(22(15)30)8-14-9-17-23(32(3)4)25(36)21(28(31)39)27(38)29(17,40)26(37)19(14)24(20)35/h10,12-14,17,19,21,23,34,40H,5-9,11H2,1-4H3,(H2,31,39)/t12-,13-,14-,17-,19?,21?,23-,29-/m0/s1. The third-order valence-electron chi connectivity index (χ3n) is 9.80. The SMILES string of the molecule is C[C@H]1CCC[C@H](C)N1Cc1cc(O)c2c(c1F)C[C@H]1C[C@H]3[C@H](N(C)C)C(=O)C(C(N)=O)C(=O)[C@@]3(O)C(=O)C1C2=O. The van der Waals surface area contributed by atoms with Crippen LogP contribution in [0.3, 0.4) is 0 Å². The highest BCUT2D eigenvalue weighted by Crippen LogP contribution is 2.51. The molecular formula is C29H36FN3O7. The number of rotatable bonds is 4. The maximum atomic E-state index is 16.1. The van der Waals surface area contributed by atoms with Crippen LogP contribution < -0.4 is 5.73 Å². The number of primary amides is 1. The summed E-state index contributed by atoms with van der Waals surface area (Å²) in [4.78, 5) is 69.7. The summed E-state index contributed by atoms with van der Waals surface area (Å²) >= 11 is 0. The van der Waals surface area contributed by atoms with E-state index in [9.17, 15) is 34.2 Å². The van der Waals surface area contributed by atoms with Gasteiger partial charge in [0.05, 0.1) is 17.5 Å². The Labute approximate surface area is 231 Å². The Kier molecular flexibility index (Phi) is 6.99. The molecule has 5 rings (SSSR count). The van der Waals surface area contributed by atoms with Crippen LogP contribution in [0.5, 0.6) is 5.75 Å². The highest BCUT2D eigenvalue weighted by Gasteiger charge is 2.69. The van der Waals surface area contributed by atoms with Crippen molar-refractivity contribution < 1.29 is 38.6 Å². The van der Waals surface area contributed by atoms with Crippen LogP contribution in [0.1, 0.15) is 61.0 Å². The molecule has 2 saturated carbocycles. The van der Waals surface area contributed by atoms with Crippen molar-refractivity contribution in [1.29, 1.82) is 0 Å². The molecule has 4 N–H and O–H groups in total. The number of nitrogens with two attached hydrogens (primary N) is 1. The lowest BCUT2D eigenvalue weighted by Crippen LogP contribution is -2.74. The molecule has 3 fully saturated rings. The molecule has 1 aliphatic heterocycles. The van der Waals surface area contributed by atoms with E-state index in [0.29, 0.717) is 0 Å². The van der Waals surface area contributed by atoms with Gasteiger partial charge in [-0.25, -0.2) is 4.39 Å². The van der Waals surface area contributed by atoms with E-state index < -0.39 is 75.9 Å². The normalized spacial score (nSPS) is 36.3. The van der Waals surface area contributed by atoms with Gasteiger partial charge in [0, 0.05) is 35.7 Å². The summed E-state index contributed by atoms with van der Waals surface area (Å²) in [6, 6.07) is 0.457. The summed E-state index contributed by atoms with van der Waals surface area (Å²) in [6.45, 7) is 4.40. The van der Waals surface area contributed by atoms with Crippen molar-refractivity contribution in [3.8, 4) is 5.75 Å². The predicted molar refractivity (Wildman–Crippen MR) is 140 cm³/mol. The van der Waals surface area contributed by atoms with Crippen LogP contribution in [0.15, 0.2) is 6.07 Å². The van der Waals surface area contributed by atoms with Crippen molar-refractivity contribution >= 4 is 29.0 Å². The zero-order valence-electron chi connectivity index (χ0n) is 23.1. The third kappa shape index (κ3) is 3.96. The number of likely N-dealkylation sites (N-methyl/N-ethyl adjacent to an activating group) is 1. The van der Waals surface area contributed by atoms with Crippen molar-refractivity contribution in [2.45, 2.75) is 76.2 Å². The van der Waals surface area contributed by atoms with Gasteiger partial charge in [-0.1, -0.05) is 6.42 Å². The van der Waals surface area contributed by atoms with Crippen molar-refractivity contribution in [1.82, 2.24) is 9.80 Å². The number of likely N-dealkylation sites (tertiary alicyclic amines) is 1. The van der Waals surface area contributed by atoms with Gasteiger partial charge >= 0.3 is 0 Å². The second-order valence-corrected chi connectivity index (χ2v) is 12.3. The zero-order chi connectivity index (χ0) is 29.4. The van der Waals surface area contributed by atoms with Crippen molar-refractivity contribution in [3.63, 3.8) is 0 Å². The first-order valence-electron chi connectivity index (χ1n) is 13.8. The minimum Gasteiger partial charge on any atom is -0.507 e. The summed E-state index contributed by atoms with van der Waals surface area (Å²) in [7, 11) is 3.03. The number of halogens is 1. The maximum Gasteiger partial charge on any atom is 0.235 e. The molecule has 0 radical (unpaired) electrons. The monoisotopic (exact) mass is 557 g/mol. The quantitative estimate of drug-likeness (QED) is 0.455. The largest absolute Gasteiger partial charge is 0.507 e. The zero-order valence-corrected chi connectivity index (χ0v) is 23.1. The van der Waals surface area contributed by atoms with Gasteiger partial charge in [0.1, 0.15) is 11.6 Å². The summed E-state index contributed by atoms with van der Waals surface area (Å²) in [5.74, 6) is -12.2. The number of aromatic hydroxyl groups is 1. The lowest BCUT2D eigenvalue weighted by molar-refractivity contribution is -0.181. The number of phenols is 1. The molecular weight excluding hydrogens is 521 g/mol. The van der Waals surface area contributed by atoms with Crippen LogP contribution in [0.4, 0.5) is 4.39 Å². The lowest BCUT2D eigenvalue weighted by Gasteiger charge is -2.52. The van der Waals surface area contributed by atoms with Crippen molar-refractivity contribution in [3.05, 3.63) is 28.6 Å². The first kappa shape index (κ1) is 28.5. The van der Waals surface area contributed by atoms with Crippen LogP contribution >= 0.6 is 0 Å². The Morgan fingerprint density at radius 1 is 1.15 bits per heavy atom. The second kappa shape index (κ2) is 9.81. The van der Waals surface area contributed by atoms with E-state index in [4.69, 9.17) is 5.73 Å². The molecule has 3 aliphatic carbocycles. The number of nitrogens with zero attached hydrogens (tertiary/aromatic N) is 2. The van der Waals surface area contributed by atoms with Crippen LogP contribution in [0, 0.1) is 29.5 Å². The molecule has 10 nitrogen and oxygen atoms in total. The van der Waals surface area contributed by atoms with E-state index >= 15 is 4.39 Å². The van der Waals surface area contributed by atoms with E-state index in [-0.39, 0.29) is 48.2 Å². The average molecular weight is 558 g/mol. The van der Waals surface area contributed by atoms with E-state index in [1.165, 1.54) is 25.1 Å². The number of hydrogen-bond acceptors (Lipinski definition) is 9. The van der Waals surface area contributed by atoms with Gasteiger partial charge in [-0.2, -0.15) is 0 Å². The molecule has 4 aliphatic rings. The molecule has 0 aromatic heterocycles. The third-order valence-corrected chi connectivity index (χ3v) is 9.80. The van der Waals surface area contributed by atoms with Gasteiger partial charge in [0.2, 0.25) is 5.91 Å². The average Bonchev–Trinajstić information content (AvgIpc) is 2.86. The molecule has 1 saturated heterocycles. The number of amides is 1. The molecule has 0 spiro atoms. The van der Waals surface area contributed by atoms with Gasteiger partial charge in [0.25, 0.3) is 0 Å². The number of ketones is 4. The van der Waals surface area contributed by atoms with E-state index in [1.54, 1.807) is 0 Å². The summed E-state index contributed by atoms with van der Waals surface area (Å²) < 4.78 is 16.1. The molecule has 1 aromatic carbocycles. The summed E-state index contributed by atoms with van der Waals surface area (Å²) in [5, 5.41) is 22.5. The van der Waals surface area contributed by atoms with E-state index in [1.807, 2.05) is 0 Å². The van der Waals surface area contributed by atoms with Gasteiger partial charge in [-0.05, 0) is 65.6 Å². The molecule has 11 heteroatoms. The molecule has 2 unspecified atom stereocenters. The van der Waals surface area contributed by atoms with Gasteiger partial charge in [-0.3, -0.25) is 33.8 Å². The topological polar surface area (TPSA) is 158 Å². The molecule has 8 atom stereocenters. The number of piperidine rings is 1. The van der Waals surface area contributed by atoms with E-state index in [2.05, 4.69) is 18.7 Å². The molecule has 1 aromatic rings. The minimum atomic E-state index is -2.80. The number of fused-ring (bicyclic) bond motifs is 3. The number of carbonyl (C=O) groups excluding carboxylic acids is 5. The summed E-state index contributed by atoms with van der Waals surface area (Å²) in [6.07, 6.45) is 2.81. The van der Waals surface area contributed by atoms with Crippen LogP contribution in [0.25, 0.3) is 0 Å². The molecule has 216 valence electrons. The number of benzene rings is 1. The number of aliphatic hydroxyl groups is 1. The van der Waals surface area contributed by atoms with Crippen LogP contribution in [-0.2, 0) is 32.1 Å².